The lowest BCUT2D eigenvalue weighted by Gasteiger charge is -2.08. The Balaban J connectivity index is 2.49. The van der Waals surface area contributed by atoms with Crippen molar-refractivity contribution in [3.05, 3.63) is 46.4 Å². The number of rotatable bonds is 2. The summed E-state index contributed by atoms with van der Waals surface area (Å²) in [7, 11) is 1.58. The number of nitrogens with two attached hydrogens (primary N) is 1. The molecule has 0 saturated carbocycles. The Bertz CT molecular complexity index is 535. The van der Waals surface area contributed by atoms with Crippen LogP contribution in [0.2, 0.25) is 10.0 Å². The molecule has 0 aliphatic rings. The number of ether oxygens (including phenoxy) is 1. The van der Waals surface area contributed by atoms with Gasteiger partial charge >= 0.3 is 0 Å². The number of hydrogen-bond acceptors (Lipinski definition) is 2. The molecule has 0 bridgehead atoms. The van der Waals surface area contributed by atoms with Crippen LogP contribution in [0.3, 0.4) is 0 Å². The van der Waals surface area contributed by atoms with Gasteiger partial charge in [0.1, 0.15) is 5.75 Å². The highest BCUT2D eigenvalue weighted by Gasteiger charge is 2.05. The van der Waals surface area contributed by atoms with Gasteiger partial charge in [0.2, 0.25) is 0 Å². The topological polar surface area (TPSA) is 35.2 Å². The van der Waals surface area contributed by atoms with Gasteiger partial charge in [0.25, 0.3) is 0 Å². The van der Waals surface area contributed by atoms with E-state index in [9.17, 15) is 0 Å². The first-order chi connectivity index (χ1) is 8.10. The molecule has 2 nitrogen and oxygen atoms in total. The number of hydrogen-bond donors (Lipinski definition) is 1. The van der Waals surface area contributed by atoms with Crippen molar-refractivity contribution in [3.8, 4) is 16.9 Å². The maximum atomic E-state index is 5.96. The van der Waals surface area contributed by atoms with E-state index >= 15 is 0 Å². The molecule has 0 aliphatic heterocycles. The summed E-state index contributed by atoms with van der Waals surface area (Å²) in [5.41, 5.74) is 8.32. The molecule has 0 fully saturated rings. The van der Waals surface area contributed by atoms with Crippen molar-refractivity contribution in [2.45, 2.75) is 0 Å². The molecule has 17 heavy (non-hydrogen) atoms. The molecule has 0 heterocycles. The lowest BCUT2D eigenvalue weighted by Crippen LogP contribution is -1.92. The molecule has 0 amide bonds. The lowest BCUT2D eigenvalue weighted by molar-refractivity contribution is 0.417. The molecule has 0 aromatic heterocycles. The third-order valence-corrected chi connectivity index (χ3v) is 2.86. The molecular weight excluding hydrogens is 257 g/mol. The summed E-state index contributed by atoms with van der Waals surface area (Å²) in [4.78, 5) is 0. The summed E-state index contributed by atoms with van der Waals surface area (Å²) >= 11 is 11.9. The summed E-state index contributed by atoms with van der Waals surface area (Å²) in [6.45, 7) is 0. The molecule has 2 aromatic carbocycles. The molecular formula is C13H11Cl2NO. The van der Waals surface area contributed by atoms with Crippen molar-refractivity contribution in [1.29, 1.82) is 0 Å². The standard InChI is InChI=1S/C13H11Cl2NO/c1-17-13-3-2-8(6-12(13)16)9-4-10(14)7-11(15)5-9/h2-7H,16H2,1H3. The van der Waals surface area contributed by atoms with Crippen LogP contribution in [-0.2, 0) is 0 Å². The second-order valence-electron chi connectivity index (χ2n) is 3.61. The van der Waals surface area contributed by atoms with E-state index in [2.05, 4.69) is 0 Å². The van der Waals surface area contributed by atoms with Gasteiger partial charge < -0.3 is 10.5 Å². The Morgan fingerprint density at radius 3 is 2.12 bits per heavy atom. The average Bonchev–Trinajstić information content (AvgIpc) is 2.27. The van der Waals surface area contributed by atoms with E-state index in [0.29, 0.717) is 21.5 Å². The van der Waals surface area contributed by atoms with Gasteiger partial charge in [-0.2, -0.15) is 0 Å². The molecule has 0 unspecified atom stereocenters. The minimum Gasteiger partial charge on any atom is -0.495 e. The van der Waals surface area contributed by atoms with E-state index in [0.717, 1.165) is 11.1 Å². The summed E-state index contributed by atoms with van der Waals surface area (Å²) in [6.07, 6.45) is 0. The predicted octanol–water partition coefficient (Wildman–Crippen LogP) is 4.25. The first-order valence-electron chi connectivity index (χ1n) is 5.00. The zero-order chi connectivity index (χ0) is 12.4. The van der Waals surface area contributed by atoms with Gasteiger partial charge in [-0.05, 0) is 41.5 Å². The molecule has 2 rings (SSSR count). The molecule has 0 radical (unpaired) electrons. The van der Waals surface area contributed by atoms with Crippen LogP contribution >= 0.6 is 23.2 Å². The average molecular weight is 268 g/mol. The van der Waals surface area contributed by atoms with Gasteiger partial charge in [-0.15, -0.1) is 0 Å². The van der Waals surface area contributed by atoms with Crippen LogP contribution in [0, 0.1) is 0 Å². The van der Waals surface area contributed by atoms with Crippen LogP contribution in [0.25, 0.3) is 11.1 Å². The minimum absolute atomic E-state index is 0.584. The van der Waals surface area contributed by atoms with Gasteiger partial charge in [-0.1, -0.05) is 29.3 Å². The van der Waals surface area contributed by atoms with Gasteiger partial charge in [0, 0.05) is 10.0 Å². The summed E-state index contributed by atoms with van der Waals surface area (Å²) < 4.78 is 5.11. The number of nitrogen functional groups attached to an aromatic ring is 1. The monoisotopic (exact) mass is 267 g/mol. The van der Waals surface area contributed by atoms with Crippen LogP contribution in [0.15, 0.2) is 36.4 Å². The molecule has 0 atom stereocenters. The van der Waals surface area contributed by atoms with Crippen molar-refractivity contribution >= 4 is 28.9 Å². The highest BCUT2D eigenvalue weighted by molar-refractivity contribution is 6.35. The Labute approximate surface area is 110 Å². The quantitative estimate of drug-likeness (QED) is 0.826. The van der Waals surface area contributed by atoms with Crippen molar-refractivity contribution < 1.29 is 4.74 Å². The van der Waals surface area contributed by atoms with E-state index in [4.69, 9.17) is 33.7 Å². The Morgan fingerprint density at radius 1 is 0.941 bits per heavy atom. The van der Waals surface area contributed by atoms with Gasteiger partial charge in [0.15, 0.2) is 0 Å². The largest absolute Gasteiger partial charge is 0.495 e. The van der Waals surface area contributed by atoms with E-state index in [-0.39, 0.29) is 0 Å². The fourth-order valence-electron chi connectivity index (χ4n) is 1.63. The second-order valence-corrected chi connectivity index (χ2v) is 4.49. The van der Waals surface area contributed by atoms with E-state index < -0.39 is 0 Å². The zero-order valence-electron chi connectivity index (χ0n) is 9.21. The third-order valence-electron chi connectivity index (χ3n) is 2.43. The van der Waals surface area contributed by atoms with Crippen molar-refractivity contribution in [1.82, 2.24) is 0 Å². The number of methoxy groups -OCH3 is 1. The van der Waals surface area contributed by atoms with Crippen LogP contribution in [0.1, 0.15) is 0 Å². The van der Waals surface area contributed by atoms with Crippen molar-refractivity contribution in [3.63, 3.8) is 0 Å². The third kappa shape index (κ3) is 2.65. The smallest absolute Gasteiger partial charge is 0.141 e. The summed E-state index contributed by atoms with van der Waals surface area (Å²) in [5.74, 6) is 0.655. The van der Waals surface area contributed by atoms with Crippen LogP contribution in [0.4, 0.5) is 5.69 Å². The molecule has 0 aliphatic carbocycles. The highest BCUT2D eigenvalue weighted by atomic mass is 35.5. The number of benzene rings is 2. The van der Waals surface area contributed by atoms with Crippen molar-refractivity contribution in [2.75, 3.05) is 12.8 Å². The van der Waals surface area contributed by atoms with Gasteiger partial charge in [-0.25, -0.2) is 0 Å². The molecule has 88 valence electrons. The maximum absolute atomic E-state index is 5.96. The zero-order valence-corrected chi connectivity index (χ0v) is 10.7. The first kappa shape index (κ1) is 12.1. The molecule has 2 N–H and O–H groups in total. The second kappa shape index (κ2) is 4.86. The van der Waals surface area contributed by atoms with Crippen LogP contribution in [0.5, 0.6) is 5.75 Å². The molecule has 0 spiro atoms. The van der Waals surface area contributed by atoms with Crippen LogP contribution in [-0.4, -0.2) is 7.11 Å². The fraction of sp³-hybridized carbons (Fsp3) is 0.0769. The predicted molar refractivity (Wildman–Crippen MR) is 72.9 cm³/mol. The molecule has 2 aromatic rings. The van der Waals surface area contributed by atoms with E-state index in [1.807, 2.05) is 30.3 Å². The molecule has 0 saturated heterocycles. The normalized spacial score (nSPS) is 10.3. The first-order valence-corrected chi connectivity index (χ1v) is 5.76. The highest BCUT2D eigenvalue weighted by Crippen LogP contribution is 2.31. The minimum atomic E-state index is 0.584. The Hall–Kier alpha value is -1.38. The van der Waals surface area contributed by atoms with Gasteiger partial charge in [-0.3, -0.25) is 0 Å². The number of anilines is 1. The summed E-state index contributed by atoms with van der Waals surface area (Å²) in [5, 5.41) is 1.20. The molecule has 4 heteroatoms. The van der Waals surface area contributed by atoms with Gasteiger partial charge in [0.05, 0.1) is 12.8 Å². The fourth-order valence-corrected chi connectivity index (χ4v) is 2.16. The number of halogens is 2. The van der Waals surface area contributed by atoms with Crippen molar-refractivity contribution in [2.24, 2.45) is 0 Å². The SMILES string of the molecule is COc1ccc(-c2cc(Cl)cc(Cl)c2)cc1N. The Morgan fingerprint density at radius 2 is 1.59 bits per heavy atom. The van der Waals surface area contributed by atoms with Crippen LogP contribution < -0.4 is 10.5 Å². The maximum Gasteiger partial charge on any atom is 0.141 e. The summed E-state index contributed by atoms with van der Waals surface area (Å²) in [6, 6.07) is 10.9. The van der Waals surface area contributed by atoms with E-state index in [1.54, 1.807) is 13.2 Å². The lowest BCUT2D eigenvalue weighted by atomic mass is 10.0. The van der Waals surface area contributed by atoms with E-state index in [1.165, 1.54) is 0 Å². The Kier molecular flexibility index (Phi) is 3.46.